The number of benzene rings is 1. The van der Waals surface area contributed by atoms with Gasteiger partial charge in [0.2, 0.25) is 0 Å². The largest absolute Gasteiger partial charge is 0.369 e. The second kappa shape index (κ2) is 5.09. The molecule has 1 aliphatic heterocycles. The summed E-state index contributed by atoms with van der Waals surface area (Å²) in [5.74, 6) is 0. The SMILES string of the molecule is OC1c2c(sc3c2CCCC3)NC(=S)N1c1ccccc1. The Hall–Kier alpha value is -1.43. The van der Waals surface area contributed by atoms with Crippen LogP contribution < -0.4 is 10.2 Å². The monoisotopic (exact) mass is 316 g/mol. The molecule has 5 heteroatoms. The molecule has 1 aromatic carbocycles. The number of para-hydroxylation sites is 1. The predicted molar refractivity (Wildman–Crippen MR) is 91.1 cm³/mol. The van der Waals surface area contributed by atoms with Gasteiger partial charge < -0.3 is 10.4 Å². The molecule has 0 saturated heterocycles. The zero-order chi connectivity index (χ0) is 14.4. The number of anilines is 2. The molecule has 0 fully saturated rings. The third kappa shape index (κ3) is 2.08. The second-order valence-corrected chi connectivity index (χ2v) is 6.95. The van der Waals surface area contributed by atoms with Gasteiger partial charge >= 0.3 is 0 Å². The highest BCUT2D eigenvalue weighted by atomic mass is 32.1. The molecule has 2 aromatic rings. The van der Waals surface area contributed by atoms with Gasteiger partial charge in [0, 0.05) is 16.1 Å². The number of nitrogens with zero attached hydrogens (tertiary/aromatic N) is 1. The Morgan fingerprint density at radius 3 is 2.76 bits per heavy atom. The molecule has 1 aliphatic carbocycles. The first-order valence-electron chi connectivity index (χ1n) is 7.23. The van der Waals surface area contributed by atoms with Crippen LogP contribution in [-0.2, 0) is 12.8 Å². The van der Waals surface area contributed by atoms with Gasteiger partial charge in [0.25, 0.3) is 0 Å². The molecule has 0 spiro atoms. The van der Waals surface area contributed by atoms with Crippen LogP contribution in [0.4, 0.5) is 10.7 Å². The minimum absolute atomic E-state index is 0.569. The summed E-state index contributed by atoms with van der Waals surface area (Å²) in [6.07, 6.45) is 3.96. The minimum Gasteiger partial charge on any atom is -0.369 e. The summed E-state index contributed by atoms with van der Waals surface area (Å²) in [4.78, 5) is 3.22. The highest BCUT2D eigenvalue weighted by molar-refractivity contribution is 7.80. The highest BCUT2D eigenvalue weighted by Crippen LogP contribution is 2.45. The number of hydrogen-bond donors (Lipinski definition) is 2. The Kier molecular flexibility index (Phi) is 3.21. The molecule has 0 radical (unpaired) electrons. The van der Waals surface area contributed by atoms with Gasteiger partial charge in [-0.2, -0.15) is 0 Å². The third-order valence-electron chi connectivity index (χ3n) is 4.19. The number of aliphatic hydroxyl groups is 1. The number of rotatable bonds is 1. The van der Waals surface area contributed by atoms with Gasteiger partial charge in [0.05, 0.1) is 0 Å². The molecule has 2 N–H and O–H groups in total. The van der Waals surface area contributed by atoms with Crippen LogP contribution in [0.3, 0.4) is 0 Å². The summed E-state index contributed by atoms with van der Waals surface area (Å²) in [5.41, 5.74) is 3.29. The molecule has 1 aromatic heterocycles. The number of hydrogen-bond acceptors (Lipinski definition) is 3. The number of aliphatic hydroxyl groups excluding tert-OH is 1. The van der Waals surface area contributed by atoms with E-state index >= 15 is 0 Å². The van der Waals surface area contributed by atoms with Crippen molar-refractivity contribution in [3.05, 3.63) is 46.3 Å². The Morgan fingerprint density at radius 1 is 1.19 bits per heavy atom. The predicted octanol–water partition coefficient (Wildman–Crippen LogP) is 3.83. The molecular formula is C16H16N2OS2. The average molecular weight is 316 g/mol. The molecular weight excluding hydrogens is 300 g/mol. The van der Waals surface area contributed by atoms with Gasteiger partial charge in [-0.25, -0.2) is 0 Å². The van der Waals surface area contributed by atoms with Crippen molar-refractivity contribution in [1.82, 2.24) is 0 Å². The fourth-order valence-corrected chi connectivity index (χ4v) is 4.89. The van der Waals surface area contributed by atoms with Gasteiger partial charge in [-0.3, -0.25) is 4.90 Å². The molecule has 0 amide bonds. The van der Waals surface area contributed by atoms with Crippen LogP contribution >= 0.6 is 23.6 Å². The third-order valence-corrected chi connectivity index (χ3v) is 5.71. The first kappa shape index (κ1) is 13.2. The van der Waals surface area contributed by atoms with Crippen molar-refractivity contribution in [2.45, 2.75) is 31.9 Å². The van der Waals surface area contributed by atoms with Crippen molar-refractivity contribution in [2.75, 3.05) is 10.2 Å². The zero-order valence-electron chi connectivity index (χ0n) is 11.5. The summed E-state index contributed by atoms with van der Waals surface area (Å²) < 4.78 is 0. The van der Waals surface area contributed by atoms with E-state index in [4.69, 9.17) is 12.2 Å². The molecule has 3 nitrogen and oxygen atoms in total. The van der Waals surface area contributed by atoms with Gasteiger partial charge in [0.15, 0.2) is 11.3 Å². The van der Waals surface area contributed by atoms with Gasteiger partial charge in [-0.15, -0.1) is 11.3 Å². The number of thiophene rings is 1. The smallest absolute Gasteiger partial charge is 0.180 e. The van der Waals surface area contributed by atoms with Crippen molar-refractivity contribution in [3.63, 3.8) is 0 Å². The minimum atomic E-state index is -0.686. The fourth-order valence-electron chi connectivity index (χ4n) is 3.20. The maximum Gasteiger partial charge on any atom is 0.180 e. The summed E-state index contributed by atoms with van der Waals surface area (Å²) in [6.45, 7) is 0. The maximum atomic E-state index is 10.9. The van der Waals surface area contributed by atoms with E-state index in [0.29, 0.717) is 5.11 Å². The van der Waals surface area contributed by atoms with Crippen LogP contribution in [0.15, 0.2) is 30.3 Å². The molecule has 21 heavy (non-hydrogen) atoms. The van der Waals surface area contributed by atoms with Crippen molar-refractivity contribution < 1.29 is 5.11 Å². The summed E-state index contributed by atoms with van der Waals surface area (Å²) >= 11 is 7.22. The number of nitrogens with one attached hydrogen (secondary N) is 1. The van der Waals surface area contributed by atoms with Crippen molar-refractivity contribution in [3.8, 4) is 0 Å². The average Bonchev–Trinajstić information content (AvgIpc) is 2.86. The lowest BCUT2D eigenvalue weighted by Gasteiger charge is -2.35. The molecule has 4 rings (SSSR count). The Balaban J connectivity index is 1.81. The summed E-state index contributed by atoms with van der Waals surface area (Å²) in [5, 5.41) is 15.8. The van der Waals surface area contributed by atoms with Gasteiger partial charge in [-0.05, 0) is 55.6 Å². The van der Waals surface area contributed by atoms with Crippen molar-refractivity contribution in [2.24, 2.45) is 0 Å². The standard InChI is InChI=1S/C16H16N2OS2/c19-15-13-11-8-4-5-9-12(11)21-14(13)17-16(20)18(15)10-6-2-1-3-7-10/h1-3,6-7,15,19H,4-5,8-9H2,(H,17,20). The van der Waals surface area contributed by atoms with E-state index < -0.39 is 6.23 Å². The summed E-state index contributed by atoms with van der Waals surface area (Å²) in [6, 6.07) is 9.84. The van der Waals surface area contributed by atoms with E-state index in [2.05, 4.69) is 5.32 Å². The van der Waals surface area contributed by atoms with Crippen molar-refractivity contribution in [1.29, 1.82) is 0 Å². The van der Waals surface area contributed by atoms with Crippen LogP contribution in [0.5, 0.6) is 0 Å². The second-order valence-electron chi connectivity index (χ2n) is 5.46. The molecule has 2 aliphatic rings. The number of aryl methyl sites for hydroxylation is 1. The van der Waals surface area contributed by atoms with E-state index in [1.807, 2.05) is 30.3 Å². The maximum absolute atomic E-state index is 10.9. The highest BCUT2D eigenvalue weighted by Gasteiger charge is 2.35. The molecule has 108 valence electrons. The molecule has 0 saturated carbocycles. The number of thiocarbonyl (C=S) groups is 1. The van der Waals surface area contributed by atoms with E-state index in [9.17, 15) is 5.11 Å². The molecule has 1 atom stereocenters. The topological polar surface area (TPSA) is 35.5 Å². The first-order valence-corrected chi connectivity index (χ1v) is 8.46. The van der Waals surface area contributed by atoms with E-state index in [1.165, 1.54) is 23.3 Å². The molecule has 1 unspecified atom stereocenters. The van der Waals surface area contributed by atoms with E-state index in [-0.39, 0.29) is 0 Å². The van der Waals surface area contributed by atoms with Gasteiger partial charge in [0.1, 0.15) is 5.00 Å². The lowest BCUT2D eigenvalue weighted by atomic mass is 9.94. The molecule has 0 bridgehead atoms. The van der Waals surface area contributed by atoms with Crippen LogP contribution in [0.2, 0.25) is 0 Å². The lowest BCUT2D eigenvalue weighted by Crippen LogP contribution is -2.42. The van der Waals surface area contributed by atoms with E-state index in [1.54, 1.807) is 16.2 Å². The first-order chi connectivity index (χ1) is 10.3. The Bertz CT molecular complexity index is 696. The van der Waals surface area contributed by atoms with Crippen LogP contribution in [0.25, 0.3) is 0 Å². The zero-order valence-corrected chi connectivity index (χ0v) is 13.1. The fraction of sp³-hybridized carbons (Fsp3) is 0.312. The lowest BCUT2D eigenvalue weighted by molar-refractivity contribution is 0.186. The quantitative estimate of drug-likeness (QED) is 0.784. The van der Waals surface area contributed by atoms with Crippen LogP contribution in [0, 0.1) is 0 Å². The molecule has 2 heterocycles. The van der Waals surface area contributed by atoms with Gasteiger partial charge in [-0.1, -0.05) is 18.2 Å². The van der Waals surface area contributed by atoms with Crippen LogP contribution in [-0.4, -0.2) is 10.2 Å². The van der Waals surface area contributed by atoms with E-state index in [0.717, 1.165) is 29.1 Å². The van der Waals surface area contributed by atoms with Crippen molar-refractivity contribution >= 4 is 39.4 Å². The summed E-state index contributed by atoms with van der Waals surface area (Å²) in [7, 11) is 0. The Labute approximate surface area is 133 Å². The normalized spacial score (nSPS) is 20.7. The number of fused-ring (bicyclic) bond motifs is 3. The Morgan fingerprint density at radius 2 is 1.95 bits per heavy atom. The van der Waals surface area contributed by atoms with Crippen LogP contribution in [0.1, 0.15) is 35.1 Å².